The number of hydrogen-bond donors (Lipinski definition) is 1. The highest BCUT2D eigenvalue weighted by atomic mass is 32.2. The molecule has 1 aromatic carbocycles. The van der Waals surface area contributed by atoms with Gasteiger partial charge < -0.3 is 5.32 Å². The topological polar surface area (TPSA) is 107 Å². The third kappa shape index (κ3) is 3.19. The predicted octanol–water partition coefficient (Wildman–Crippen LogP) is 1.78. The summed E-state index contributed by atoms with van der Waals surface area (Å²) < 4.78 is 24.6. The lowest BCUT2D eigenvalue weighted by molar-refractivity contribution is -0.384. The van der Waals surface area contributed by atoms with Crippen molar-refractivity contribution in [2.24, 2.45) is 7.05 Å². The summed E-state index contributed by atoms with van der Waals surface area (Å²) in [6.07, 6.45) is 1.00. The van der Waals surface area contributed by atoms with Crippen LogP contribution in [0.4, 0.5) is 17.2 Å². The average Bonchev–Trinajstić information content (AvgIpc) is 2.67. The number of benzene rings is 1. The van der Waals surface area contributed by atoms with Gasteiger partial charge in [0.05, 0.1) is 9.82 Å². The lowest BCUT2D eigenvalue weighted by Crippen LogP contribution is -2.02. The summed E-state index contributed by atoms with van der Waals surface area (Å²) in [7, 11) is -1.75. The molecule has 1 aromatic heterocycles. The van der Waals surface area contributed by atoms with Crippen molar-refractivity contribution in [3.8, 4) is 0 Å². The van der Waals surface area contributed by atoms with Gasteiger partial charge >= 0.3 is 0 Å². The van der Waals surface area contributed by atoms with E-state index < -0.39 is 14.8 Å². The van der Waals surface area contributed by atoms with Crippen LogP contribution in [-0.4, -0.2) is 29.4 Å². The molecule has 2 rings (SSSR count). The summed E-state index contributed by atoms with van der Waals surface area (Å²) in [6, 6.07) is 5.45. The zero-order valence-corrected chi connectivity index (χ0v) is 12.5. The molecule has 21 heavy (non-hydrogen) atoms. The molecule has 0 bridgehead atoms. The van der Waals surface area contributed by atoms with Crippen molar-refractivity contribution in [1.29, 1.82) is 0 Å². The quantitative estimate of drug-likeness (QED) is 0.681. The van der Waals surface area contributed by atoms with Crippen LogP contribution in [0.3, 0.4) is 0 Å². The van der Waals surface area contributed by atoms with Gasteiger partial charge in [0.1, 0.15) is 5.69 Å². The molecule has 0 amide bonds. The molecule has 0 atom stereocenters. The maximum Gasteiger partial charge on any atom is 0.294 e. The number of hydrogen-bond acceptors (Lipinski definition) is 6. The largest absolute Gasteiger partial charge is 0.333 e. The Labute approximate surface area is 121 Å². The summed E-state index contributed by atoms with van der Waals surface area (Å²) >= 11 is 0. The number of nitrogens with zero attached hydrogens (tertiary/aromatic N) is 3. The average molecular weight is 310 g/mol. The van der Waals surface area contributed by atoms with Crippen LogP contribution in [0.2, 0.25) is 0 Å². The molecular formula is C12H14N4O4S. The fraction of sp³-hybridized carbons (Fsp3) is 0.250. The molecule has 0 unspecified atom stereocenters. The van der Waals surface area contributed by atoms with Gasteiger partial charge in [0.15, 0.2) is 15.7 Å². The van der Waals surface area contributed by atoms with Crippen molar-refractivity contribution in [3.05, 3.63) is 40.1 Å². The van der Waals surface area contributed by atoms with E-state index in [4.69, 9.17) is 0 Å². The van der Waals surface area contributed by atoms with E-state index in [9.17, 15) is 18.5 Å². The lowest BCUT2D eigenvalue weighted by atomic mass is 10.2. The molecule has 8 nitrogen and oxygen atoms in total. The number of anilines is 2. The van der Waals surface area contributed by atoms with E-state index in [0.717, 1.165) is 18.0 Å². The van der Waals surface area contributed by atoms with Gasteiger partial charge in [-0.15, -0.1) is 0 Å². The van der Waals surface area contributed by atoms with Crippen molar-refractivity contribution in [1.82, 2.24) is 9.78 Å². The van der Waals surface area contributed by atoms with Crippen LogP contribution < -0.4 is 5.32 Å². The summed E-state index contributed by atoms with van der Waals surface area (Å²) in [6.45, 7) is 1.85. The number of nitro groups is 1. The summed E-state index contributed by atoms with van der Waals surface area (Å²) in [5.41, 5.74) is 0.750. The van der Waals surface area contributed by atoms with Crippen LogP contribution in [0.5, 0.6) is 0 Å². The first-order valence-corrected chi connectivity index (χ1v) is 7.84. The van der Waals surface area contributed by atoms with E-state index in [1.807, 2.05) is 6.92 Å². The zero-order valence-electron chi connectivity index (χ0n) is 11.7. The van der Waals surface area contributed by atoms with Crippen molar-refractivity contribution in [2.45, 2.75) is 11.8 Å². The highest BCUT2D eigenvalue weighted by Crippen LogP contribution is 2.29. The van der Waals surface area contributed by atoms with Crippen LogP contribution in [0, 0.1) is 17.0 Å². The van der Waals surface area contributed by atoms with Gasteiger partial charge in [-0.2, -0.15) is 5.10 Å². The second-order valence-electron chi connectivity index (χ2n) is 4.63. The molecule has 0 fully saturated rings. The minimum atomic E-state index is -3.50. The van der Waals surface area contributed by atoms with Crippen LogP contribution in [0.1, 0.15) is 5.69 Å². The van der Waals surface area contributed by atoms with Crippen molar-refractivity contribution >= 4 is 27.0 Å². The van der Waals surface area contributed by atoms with Crippen LogP contribution >= 0.6 is 0 Å². The smallest absolute Gasteiger partial charge is 0.294 e. The third-order valence-electron chi connectivity index (χ3n) is 2.97. The Bertz CT molecular complexity index is 791. The monoisotopic (exact) mass is 310 g/mol. The SMILES string of the molecule is Cc1cc(Nc2ccc(S(C)(=O)=O)cc2[N+](=O)[O-])nn1C. The van der Waals surface area contributed by atoms with Gasteiger partial charge in [-0.25, -0.2) is 8.42 Å². The summed E-state index contributed by atoms with van der Waals surface area (Å²) in [5.74, 6) is 0.449. The standard InChI is InChI=1S/C12H14N4O4S/c1-8-6-12(14-15(8)2)13-10-5-4-9(21(3,19)20)7-11(10)16(17)18/h4-7H,1-3H3,(H,13,14). The molecule has 0 spiro atoms. The highest BCUT2D eigenvalue weighted by Gasteiger charge is 2.19. The Balaban J connectivity index is 2.46. The second kappa shape index (κ2) is 5.17. The van der Waals surface area contributed by atoms with Gasteiger partial charge in [0, 0.05) is 31.1 Å². The molecule has 112 valence electrons. The molecular weight excluding hydrogens is 296 g/mol. The minimum Gasteiger partial charge on any atom is -0.333 e. The first-order chi connectivity index (χ1) is 9.68. The van der Waals surface area contributed by atoms with Crippen molar-refractivity contribution in [2.75, 3.05) is 11.6 Å². The fourth-order valence-corrected chi connectivity index (χ4v) is 2.40. The van der Waals surface area contributed by atoms with Gasteiger partial charge in [0.25, 0.3) is 5.69 Å². The second-order valence-corrected chi connectivity index (χ2v) is 6.64. The van der Waals surface area contributed by atoms with Gasteiger partial charge in [-0.1, -0.05) is 0 Å². The van der Waals surface area contributed by atoms with E-state index in [1.54, 1.807) is 17.8 Å². The fourth-order valence-electron chi connectivity index (χ4n) is 1.76. The Morgan fingerprint density at radius 3 is 2.48 bits per heavy atom. The van der Waals surface area contributed by atoms with Gasteiger partial charge in [-0.05, 0) is 19.1 Å². The van der Waals surface area contributed by atoms with Crippen LogP contribution in [-0.2, 0) is 16.9 Å². The first-order valence-electron chi connectivity index (χ1n) is 5.94. The normalized spacial score (nSPS) is 11.4. The van der Waals surface area contributed by atoms with E-state index >= 15 is 0 Å². The van der Waals surface area contributed by atoms with Crippen molar-refractivity contribution < 1.29 is 13.3 Å². The number of nitrogens with one attached hydrogen (secondary N) is 1. The molecule has 0 radical (unpaired) electrons. The molecule has 0 saturated carbocycles. The molecule has 0 aliphatic carbocycles. The number of aromatic nitrogens is 2. The Kier molecular flexibility index (Phi) is 3.69. The van der Waals surface area contributed by atoms with E-state index in [-0.39, 0.29) is 16.3 Å². The molecule has 0 saturated heterocycles. The predicted molar refractivity (Wildman–Crippen MR) is 77.4 cm³/mol. The van der Waals surface area contributed by atoms with Crippen LogP contribution in [0.25, 0.3) is 0 Å². The minimum absolute atomic E-state index is 0.100. The summed E-state index contributed by atoms with van der Waals surface area (Å²) in [5, 5.41) is 18.1. The molecule has 0 aliphatic heterocycles. The maximum absolute atomic E-state index is 11.5. The van der Waals surface area contributed by atoms with E-state index in [2.05, 4.69) is 10.4 Å². The van der Waals surface area contributed by atoms with Gasteiger partial charge in [-0.3, -0.25) is 14.8 Å². The van der Waals surface area contributed by atoms with Crippen LogP contribution in [0.15, 0.2) is 29.2 Å². The Hall–Kier alpha value is -2.42. The zero-order chi connectivity index (χ0) is 15.8. The first kappa shape index (κ1) is 15.0. The summed E-state index contributed by atoms with van der Waals surface area (Å²) in [4.78, 5) is 10.4. The number of rotatable bonds is 4. The maximum atomic E-state index is 11.5. The van der Waals surface area contributed by atoms with E-state index in [0.29, 0.717) is 5.82 Å². The Morgan fingerprint density at radius 1 is 1.33 bits per heavy atom. The van der Waals surface area contributed by atoms with Gasteiger partial charge in [0.2, 0.25) is 0 Å². The Morgan fingerprint density at radius 2 is 2.00 bits per heavy atom. The molecule has 0 aliphatic rings. The van der Waals surface area contributed by atoms with Crippen molar-refractivity contribution in [3.63, 3.8) is 0 Å². The molecule has 2 aromatic rings. The molecule has 1 N–H and O–H groups in total. The number of nitro benzene ring substituents is 1. The molecule has 1 heterocycles. The highest BCUT2D eigenvalue weighted by molar-refractivity contribution is 7.90. The lowest BCUT2D eigenvalue weighted by Gasteiger charge is -2.06. The third-order valence-corrected chi connectivity index (χ3v) is 4.08. The number of aryl methyl sites for hydroxylation is 2. The van der Waals surface area contributed by atoms with E-state index in [1.165, 1.54) is 12.1 Å². The molecule has 9 heteroatoms. The number of sulfone groups is 1.